The molecule has 1 heterocycles. The number of nitrogens with one attached hydrogen (secondary N) is 2. The summed E-state index contributed by atoms with van der Waals surface area (Å²) in [7, 11) is 0. The number of benzene rings is 2. The summed E-state index contributed by atoms with van der Waals surface area (Å²) in [6, 6.07) is 14.8. The number of rotatable bonds is 5. The maximum Gasteiger partial charge on any atom is 0.270 e. The van der Waals surface area contributed by atoms with Gasteiger partial charge in [0.2, 0.25) is 12.0 Å². The first kappa shape index (κ1) is 18.5. The van der Waals surface area contributed by atoms with E-state index in [9.17, 15) is 9.59 Å². The molecule has 5 heteroatoms. The van der Waals surface area contributed by atoms with Crippen molar-refractivity contribution in [2.24, 2.45) is 5.92 Å². The van der Waals surface area contributed by atoms with Gasteiger partial charge in [0.15, 0.2) is 0 Å². The van der Waals surface area contributed by atoms with E-state index in [0.29, 0.717) is 29.5 Å². The van der Waals surface area contributed by atoms with Gasteiger partial charge in [-0.2, -0.15) is 0 Å². The summed E-state index contributed by atoms with van der Waals surface area (Å²) in [5.41, 5.74) is 2.07. The van der Waals surface area contributed by atoms with Gasteiger partial charge in [0.25, 0.3) is 5.91 Å². The Bertz CT molecular complexity index is 844. The van der Waals surface area contributed by atoms with E-state index in [0.717, 1.165) is 12.0 Å². The van der Waals surface area contributed by atoms with E-state index in [1.165, 1.54) is 32.1 Å². The van der Waals surface area contributed by atoms with Crippen LogP contribution in [0.5, 0.6) is 5.75 Å². The summed E-state index contributed by atoms with van der Waals surface area (Å²) >= 11 is 0. The Morgan fingerprint density at radius 3 is 2.64 bits per heavy atom. The minimum absolute atomic E-state index is 0.0238. The Hall–Kier alpha value is -2.82. The van der Waals surface area contributed by atoms with Crippen molar-refractivity contribution in [3.8, 4) is 5.75 Å². The van der Waals surface area contributed by atoms with Crippen molar-refractivity contribution in [3.63, 3.8) is 0 Å². The van der Waals surface area contributed by atoms with Crippen LogP contribution in [0.2, 0.25) is 0 Å². The molecule has 2 aliphatic rings. The lowest BCUT2D eigenvalue weighted by Crippen LogP contribution is -2.30. The summed E-state index contributed by atoms with van der Waals surface area (Å²) in [5, 5.41) is 5.83. The molecule has 146 valence electrons. The molecule has 4 rings (SSSR count). The number of carbonyl (C=O) groups excluding carboxylic acids is 2. The molecule has 1 saturated carbocycles. The molecule has 5 nitrogen and oxygen atoms in total. The van der Waals surface area contributed by atoms with E-state index >= 15 is 0 Å². The van der Waals surface area contributed by atoms with E-state index in [1.807, 2.05) is 36.4 Å². The molecule has 0 bridgehead atoms. The van der Waals surface area contributed by atoms with E-state index < -0.39 is 6.10 Å². The van der Waals surface area contributed by atoms with Crippen molar-refractivity contribution >= 4 is 23.2 Å². The smallest absolute Gasteiger partial charge is 0.270 e. The van der Waals surface area contributed by atoms with Crippen LogP contribution in [0.3, 0.4) is 0 Å². The van der Waals surface area contributed by atoms with Crippen molar-refractivity contribution < 1.29 is 14.3 Å². The molecular weight excluding hydrogens is 352 g/mol. The normalized spacial score (nSPS) is 19.3. The highest BCUT2D eigenvalue weighted by atomic mass is 16.5. The average Bonchev–Trinajstić information content (AvgIpc) is 2.73. The third-order valence-electron chi connectivity index (χ3n) is 5.61. The van der Waals surface area contributed by atoms with Gasteiger partial charge in [-0.15, -0.1) is 0 Å². The molecule has 0 spiro atoms. The zero-order chi connectivity index (χ0) is 19.3. The zero-order valence-electron chi connectivity index (χ0n) is 15.9. The van der Waals surface area contributed by atoms with Crippen LogP contribution in [0.15, 0.2) is 48.5 Å². The van der Waals surface area contributed by atoms with Crippen LogP contribution in [0, 0.1) is 5.92 Å². The Labute approximate surface area is 165 Å². The topological polar surface area (TPSA) is 67.4 Å². The van der Waals surface area contributed by atoms with Crippen LogP contribution in [-0.2, 0) is 9.59 Å². The Morgan fingerprint density at radius 2 is 1.86 bits per heavy atom. The van der Waals surface area contributed by atoms with Crippen molar-refractivity contribution in [2.45, 2.75) is 51.0 Å². The van der Waals surface area contributed by atoms with Crippen molar-refractivity contribution in [1.82, 2.24) is 0 Å². The predicted octanol–water partition coefficient (Wildman–Crippen LogP) is 5.06. The summed E-state index contributed by atoms with van der Waals surface area (Å²) in [4.78, 5) is 24.7. The summed E-state index contributed by atoms with van der Waals surface area (Å²) < 4.78 is 5.89. The highest BCUT2D eigenvalue weighted by Crippen LogP contribution is 2.36. The number of carbonyl (C=O) groups is 2. The maximum atomic E-state index is 12.4. The fraction of sp³-hybridized carbons (Fsp3) is 0.391. The van der Waals surface area contributed by atoms with Crippen LogP contribution in [-0.4, -0.2) is 11.8 Å². The van der Waals surface area contributed by atoms with Gasteiger partial charge in [-0.05, 0) is 30.5 Å². The zero-order valence-corrected chi connectivity index (χ0v) is 15.9. The van der Waals surface area contributed by atoms with Gasteiger partial charge in [-0.1, -0.05) is 62.4 Å². The third kappa shape index (κ3) is 4.35. The van der Waals surface area contributed by atoms with E-state index in [1.54, 1.807) is 12.1 Å². The van der Waals surface area contributed by atoms with Crippen molar-refractivity contribution in [2.75, 3.05) is 10.6 Å². The number of fused-ring (bicyclic) bond motifs is 1. The molecule has 1 unspecified atom stereocenters. The monoisotopic (exact) mass is 378 g/mol. The Balaban J connectivity index is 1.37. The Morgan fingerprint density at radius 1 is 1.07 bits per heavy atom. The molecule has 28 heavy (non-hydrogen) atoms. The number of hydrogen-bond donors (Lipinski definition) is 2. The second-order valence-corrected chi connectivity index (χ2v) is 7.70. The fourth-order valence-electron chi connectivity index (χ4n) is 4.07. The standard InChI is InChI=1S/C23H26N2O3/c26-21(14-11-16-7-3-1-4-8-16)24-18-12-13-20-19(15-18)25-23(27)22(28-20)17-9-5-2-6-10-17/h2,5-6,9-10,12-13,15-16,22H,1,3-4,7-8,11,14H2,(H,24,26)(H,25,27). The number of amides is 2. The molecule has 1 fully saturated rings. The minimum atomic E-state index is -0.662. The van der Waals surface area contributed by atoms with Gasteiger partial charge in [-0.25, -0.2) is 0 Å². The van der Waals surface area contributed by atoms with Crippen molar-refractivity contribution in [1.29, 1.82) is 0 Å². The van der Waals surface area contributed by atoms with Crippen LogP contribution >= 0.6 is 0 Å². The lowest BCUT2D eigenvalue weighted by Gasteiger charge is -2.26. The second-order valence-electron chi connectivity index (χ2n) is 7.70. The van der Waals surface area contributed by atoms with Crippen molar-refractivity contribution in [3.05, 3.63) is 54.1 Å². The van der Waals surface area contributed by atoms with E-state index in [2.05, 4.69) is 10.6 Å². The second kappa shape index (κ2) is 8.46. The molecular formula is C23H26N2O3. The first-order chi connectivity index (χ1) is 13.7. The Kier molecular flexibility index (Phi) is 5.60. The summed E-state index contributed by atoms with van der Waals surface area (Å²) in [6.07, 6.45) is 7.24. The first-order valence-electron chi connectivity index (χ1n) is 10.2. The molecule has 2 aromatic rings. The minimum Gasteiger partial charge on any atom is -0.474 e. The van der Waals surface area contributed by atoms with Crippen LogP contribution in [0.1, 0.15) is 56.6 Å². The van der Waals surface area contributed by atoms with Gasteiger partial charge >= 0.3 is 0 Å². The molecule has 0 aromatic heterocycles. The van der Waals surface area contributed by atoms with Gasteiger partial charge in [0.1, 0.15) is 5.75 Å². The molecule has 0 saturated heterocycles. The highest BCUT2D eigenvalue weighted by molar-refractivity contribution is 5.99. The van der Waals surface area contributed by atoms with E-state index in [4.69, 9.17) is 4.74 Å². The molecule has 2 amide bonds. The number of anilines is 2. The van der Waals surface area contributed by atoms with Gasteiger partial charge in [-0.3, -0.25) is 9.59 Å². The van der Waals surface area contributed by atoms with Crippen LogP contribution in [0.25, 0.3) is 0 Å². The van der Waals surface area contributed by atoms with Gasteiger partial charge in [0, 0.05) is 17.7 Å². The average molecular weight is 378 g/mol. The maximum absolute atomic E-state index is 12.4. The van der Waals surface area contributed by atoms with Gasteiger partial charge < -0.3 is 15.4 Å². The SMILES string of the molecule is O=C(CCC1CCCCC1)Nc1ccc2c(c1)NC(=O)C(c1ccccc1)O2. The predicted molar refractivity (Wildman–Crippen MR) is 109 cm³/mol. The molecule has 0 radical (unpaired) electrons. The molecule has 2 aromatic carbocycles. The lowest BCUT2D eigenvalue weighted by molar-refractivity contribution is -0.123. The third-order valence-corrected chi connectivity index (χ3v) is 5.61. The highest BCUT2D eigenvalue weighted by Gasteiger charge is 2.29. The molecule has 1 aliphatic heterocycles. The first-order valence-corrected chi connectivity index (χ1v) is 10.2. The summed E-state index contributed by atoms with van der Waals surface area (Å²) in [6.45, 7) is 0. The van der Waals surface area contributed by atoms with E-state index in [-0.39, 0.29) is 11.8 Å². The fourth-order valence-corrected chi connectivity index (χ4v) is 4.07. The number of hydrogen-bond acceptors (Lipinski definition) is 3. The molecule has 1 atom stereocenters. The van der Waals surface area contributed by atoms with Crippen LogP contribution < -0.4 is 15.4 Å². The molecule has 1 aliphatic carbocycles. The van der Waals surface area contributed by atoms with Crippen LogP contribution in [0.4, 0.5) is 11.4 Å². The van der Waals surface area contributed by atoms with Gasteiger partial charge in [0.05, 0.1) is 5.69 Å². The number of ether oxygens (including phenoxy) is 1. The quantitative estimate of drug-likeness (QED) is 0.764. The lowest BCUT2D eigenvalue weighted by atomic mass is 9.86. The largest absolute Gasteiger partial charge is 0.474 e. The molecule has 2 N–H and O–H groups in total. The summed E-state index contributed by atoms with van der Waals surface area (Å²) in [5.74, 6) is 1.11.